The number of hydrogen-bond acceptors (Lipinski definition) is 3. The number of halogens is 2. The standard InChI is InChI=1S/C26H32Cl2N2O2/c1-17(2)23(31)11-12-30(16-25(3,4)5)26(15-18-7-6-8-19(27)13-18)21-10-9-20(28)14-22(21)29-24(26)32/h6-10,13-14,17H,11-12,15-16H2,1-5H3,(H,29,32). The number of anilines is 1. The molecule has 1 aliphatic rings. The number of hydrogen-bond donors (Lipinski definition) is 1. The summed E-state index contributed by atoms with van der Waals surface area (Å²) in [5.74, 6) is 0.0476. The fraction of sp³-hybridized carbons (Fsp3) is 0.462. The lowest BCUT2D eigenvalue weighted by Crippen LogP contribution is -2.55. The van der Waals surface area contributed by atoms with Crippen LogP contribution < -0.4 is 5.32 Å². The van der Waals surface area contributed by atoms with Crippen LogP contribution in [-0.4, -0.2) is 29.7 Å². The second-order valence-corrected chi connectivity index (χ2v) is 11.0. The minimum Gasteiger partial charge on any atom is -0.324 e. The Morgan fingerprint density at radius 3 is 2.41 bits per heavy atom. The zero-order valence-corrected chi connectivity index (χ0v) is 21.0. The van der Waals surface area contributed by atoms with Crippen LogP contribution in [0.15, 0.2) is 42.5 Å². The molecular weight excluding hydrogens is 443 g/mol. The van der Waals surface area contributed by atoms with Gasteiger partial charge in [0.15, 0.2) is 0 Å². The van der Waals surface area contributed by atoms with Crippen LogP contribution in [-0.2, 0) is 21.5 Å². The molecule has 0 fully saturated rings. The van der Waals surface area contributed by atoms with E-state index in [1.54, 1.807) is 6.07 Å². The van der Waals surface area contributed by atoms with Gasteiger partial charge in [-0.15, -0.1) is 0 Å². The van der Waals surface area contributed by atoms with Crippen LogP contribution in [0.5, 0.6) is 0 Å². The zero-order chi connectivity index (χ0) is 23.7. The largest absolute Gasteiger partial charge is 0.324 e. The lowest BCUT2D eigenvalue weighted by atomic mass is 9.81. The van der Waals surface area contributed by atoms with E-state index in [2.05, 4.69) is 31.0 Å². The maximum Gasteiger partial charge on any atom is 0.249 e. The van der Waals surface area contributed by atoms with Gasteiger partial charge in [0.05, 0.1) is 0 Å². The number of ketones is 1. The average Bonchev–Trinajstić information content (AvgIpc) is 2.95. The molecule has 0 radical (unpaired) electrons. The number of amides is 1. The molecule has 0 aliphatic carbocycles. The fourth-order valence-electron chi connectivity index (χ4n) is 4.38. The van der Waals surface area contributed by atoms with Gasteiger partial charge < -0.3 is 5.32 Å². The van der Waals surface area contributed by atoms with E-state index >= 15 is 0 Å². The smallest absolute Gasteiger partial charge is 0.249 e. The van der Waals surface area contributed by atoms with Crippen molar-refractivity contribution in [1.29, 1.82) is 0 Å². The van der Waals surface area contributed by atoms with Crippen molar-refractivity contribution in [2.45, 2.75) is 53.0 Å². The lowest BCUT2D eigenvalue weighted by molar-refractivity contribution is -0.131. The first-order valence-electron chi connectivity index (χ1n) is 11.1. The first-order valence-corrected chi connectivity index (χ1v) is 11.8. The molecule has 172 valence electrons. The van der Waals surface area contributed by atoms with Gasteiger partial charge in [0.2, 0.25) is 5.91 Å². The summed E-state index contributed by atoms with van der Waals surface area (Å²) < 4.78 is 0. The SMILES string of the molecule is CC(C)C(=O)CCN(CC(C)(C)C)C1(Cc2cccc(Cl)c2)C(=O)Nc2cc(Cl)ccc21. The average molecular weight is 475 g/mol. The van der Waals surface area contributed by atoms with Gasteiger partial charge in [-0.1, -0.05) is 76.0 Å². The molecule has 1 N–H and O–H groups in total. The number of nitrogens with zero attached hydrogens (tertiary/aromatic N) is 1. The van der Waals surface area contributed by atoms with Crippen LogP contribution in [0.1, 0.15) is 52.2 Å². The Hall–Kier alpha value is -1.88. The number of carbonyl (C=O) groups is 2. The second kappa shape index (κ2) is 9.54. The summed E-state index contributed by atoms with van der Waals surface area (Å²) in [5, 5.41) is 4.26. The van der Waals surface area contributed by atoms with E-state index in [0.717, 1.165) is 16.8 Å². The fourth-order valence-corrected chi connectivity index (χ4v) is 4.77. The molecule has 0 saturated carbocycles. The van der Waals surface area contributed by atoms with Gasteiger partial charge in [0.25, 0.3) is 0 Å². The summed E-state index contributed by atoms with van der Waals surface area (Å²) in [6.45, 7) is 11.4. The van der Waals surface area contributed by atoms with Crippen molar-refractivity contribution in [1.82, 2.24) is 4.90 Å². The van der Waals surface area contributed by atoms with Gasteiger partial charge in [-0.3, -0.25) is 14.5 Å². The van der Waals surface area contributed by atoms with E-state index in [4.69, 9.17) is 23.2 Å². The summed E-state index contributed by atoms with van der Waals surface area (Å²) in [4.78, 5) is 28.5. The van der Waals surface area contributed by atoms with E-state index in [1.807, 2.05) is 50.2 Å². The predicted octanol–water partition coefficient (Wildman–Crippen LogP) is 6.35. The third kappa shape index (κ3) is 5.36. The van der Waals surface area contributed by atoms with Crippen LogP contribution in [0.3, 0.4) is 0 Å². The summed E-state index contributed by atoms with van der Waals surface area (Å²) in [7, 11) is 0. The maximum atomic E-state index is 13.7. The van der Waals surface area contributed by atoms with Crippen LogP contribution >= 0.6 is 23.2 Å². The molecule has 1 atom stereocenters. The highest BCUT2D eigenvalue weighted by Gasteiger charge is 2.51. The molecule has 6 heteroatoms. The first kappa shape index (κ1) is 24.8. The molecular formula is C26H32Cl2N2O2. The summed E-state index contributed by atoms with van der Waals surface area (Å²) in [6.07, 6.45) is 0.835. The first-order chi connectivity index (χ1) is 14.9. The number of rotatable bonds is 8. The van der Waals surface area contributed by atoms with Gasteiger partial charge in [-0.25, -0.2) is 0 Å². The molecule has 32 heavy (non-hydrogen) atoms. The van der Waals surface area contributed by atoms with Crippen LogP contribution in [0.2, 0.25) is 10.0 Å². The van der Waals surface area contributed by atoms with Crippen molar-refractivity contribution in [3.8, 4) is 0 Å². The minimum absolute atomic E-state index is 0.0427. The van der Waals surface area contributed by atoms with Crippen molar-refractivity contribution in [2.24, 2.45) is 11.3 Å². The summed E-state index contributed by atoms with van der Waals surface area (Å²) in [6, 6.07) is 13.2. The molecule has 0 aromatic heterocycles. The molecule has 0 spiro atoms. The molecule has 4 nitrogen and oxygen atoms in total. The van der Waals surface area contributed by atoms with E-state index in [9.17, 15) is 9.59 Å². The zero-order valence-electron chi connectivity index (χ0n) is 19.5. The highest BCUT2D eigenvalue weighted by molar-refractivity contribution is 6.31. The van der Waals surface area contributed by atoms with Crippen molar-refractivity contribution >= 4 is 40.6 Å². The van der Waals surface area contributed by atoms with Crippen LogP contribution in [0.25, 0.3) is 0 Å². The van der Waals surface area contributed by atoms with E-state index < -0.39 is 5.54 Å². The third-order valence-corrected chi connectivity index (χ3v) is 6.35. The van der Waals surface area contributed by atoms with Crippen molar-refractivity contribution in [3.63, 3.8) is 0 Å². The number of Topliss-reactive ketones (excluding diaryl/α,β-unsaturated/α-hetero) is 1. The molecule has 3 rings (SSSR count). The van der Waals surface area contributed by atoms with Gasteiger partial charge in [-0.2, -0.15) is 0 Å². The van der Waals surface area contributed by atoms with Gasteiger partial charge in [0, 0.05) is 53.1 Å². The monoisotopic (exact) mass is 474 g/mol. The van der Waals surface area contributed by atoms with Gasteiger partial charge in [0.1, 0.15) is 11.3 Å². The highest BCUT2D eigenvalue weighted by Crippen LogP contribution is 2.45. The molecule has 2 aromatic rings. The molecule has 1 heterocycles. The van der Waals surface area contributed by atoms with Gasteiger partial charge in [-0.05, 0) is 35.2 Å². The third-order valence-electron chi connectivity index (χ3n) is 5.88. The Labute approximate surface area is 201 Å². The normalized spacial score (nSPS) is 18.2. The second-order valence-electron chi connectivity index (χ2n) is 10.2. The van der Waals surface area contributed by atoms with Crippen LogP contribution in [0, 0.1) is 11.3 Å². The minimum atomic E-state index is -0.963. The number of benzene rings is 2. The predicted molar refractivity (Wildman–Crippen MR) is 132 cm³/mol. The molecule has 1 aliphatic heterocycles. The maximum absolute atomic E-state index is 13.7. The molecule has 0 bridgehead atoms. The van der Waals surface area contributed by atoms with Crippen LogP contribution in [0.4, 0.5) is 5.69 Å². The van der Waals surface area contributed by atoms with E-state index in [1.165, 1.54) is 0 Å². The summed E-state index contributed by atoms with van der Waals surface area (Å²) >= 11 is 12.5. The van der Waals surface area contributed by atoms with E-state index in [0.29, 0.717) is 36.0 Å². The van der Waals surface area contributed by atoms with Gasteiger partial charge >= 0.3 is 0 Å². The Balaban J connectivity index is 2.14. The highest BCUT2D eigenvalue weighted by atomic mass is 35.5. The Morgan fingerprint density at radius 1 is 1.09 bits per heavy atom. The molecule has 1 unspecified atom stereocenters. The Morgan fingerprint density at radius 2 is 1.78 bits per heavy atom. The summed E-state index contributed by atoms with van der Waals surface area (Å²) in [5.41, 5.74) is 1.52. The molecule has 2 aromatic carbocycles. The number of nitrogens with one attached hydrogen (secondary N) is 1. The number of fused-ring (bicyclic) bond motifs is 1. The molecule has 1 amide bonds. The van der Waals surface area contributed by atoms with Crippen molar-refractivity contribution < 1.29 is 9.59 Å². The van der Waals surface area contributed by atoms with E-state index in [-0.39, 0.29) is 23.0 Å². The Bertz CT molecular complexity index is 1010. The number of carbonyl (C=O) groups excluding carboxylic acids is 2. The topological polar surface area (TPSA) is 49.4 Å². The van der Waals surface area contributed by atoms with Crippen molar-refractivity contribution in [2.75, 3.05) is 18.4 Å². The Kier molecular flexibility index (Phi) is 7.38. The lowest BCUT2D eigenvalue weighted by Gasteiger charge is -2.43. The quantitative estimate of drug-likeness (QED) is 0.484. The van der Waals surface area contributed by atoms with Crippen molar-refractivity contribution in [3.05, 3.63) is 63.6 Å². The molecule has 0 saturated heterocycles.